The Balaban J connectivity index is 1.88. The van der Waals surface area contributed by atoms with Gasteiger partial charge in [-0.1, -0.05) is 20.8 Å². The summed E-state index contributed by atoms with van der Waals surface area (Å²) in [6.07, 6.45) is 8.39. The molecule has 106 valence electrons. The average molecular weight is 252 g/mol. The highest BCUT2D eigenvalue weighted by molar-refractivity contribution is 4.88. The Labute approximate surface area is 113 Å². The number of nitrogens with zero attached hydrogens (tertiary/aromatic N) is 1. The van der Waals surface area contributed by atoms with E-state index in [1.54, 1.807) is 0 Å². The van der Waals surface area contributed by atoms with Crippen LogP contribution in [0.4, 0.5) is 0 Å². The van der Waals surface area contributed by atoms with Crippen LogP contribution in [0.5, 0.6) is 0 Å². The Kier molecular flexibility index (Phi) is 5.08. The summed E-state index contributed by atoms with van der Waals surface area (Å²) < 4.78 is 0. The second-order valence-electron chi connectivity index (χ2n) is 7.07. The van der Waals surface area contributed by atoms with Crippen LogP contribution in [0.25, 0.3) is 0 Å². The molecule has 0 amide bonds. The summed E-state index contributed by atoms with van der Waals surface area (Å²) in [7, 11) is 0. The van der Waals surface area contributed by atoms with Crippen LogP contribution >= 0.6 is 0 Å². The van der Waals surface area contributed by atoms with E-state index < -0.39 is 0 Å². The summed E-state index contributed by atoms with van der Waals surface area (Å²) in [6, 6.07) is 1.50. The minimum Gasteiger partial charge on any atom is -0.329 e. The van der Waals surface area contributed by atoms with E-state index in [1.807, 2.05) is 0 Å². The second kappa shape index (κ2) is 6.38. The van der Waals surface area contributed by atoms with E-state index in [-0.39, 0.29) is 0 Å². The van der Waals surface area contributed by atoms with Crippen LogP contribution in [0.2, 0.25) is 0 Å². The Morgan fingerprint density at radius 1 is 1.11 bits per heavy atom. The molecule has 2 unspecified atom stereocenters. The van der Waals surface area contributed by atoms with Crippen LogP contribution in [0, 0.1) is 17.8 Å². The van der Waals surface area contributed by atoms with Crippen molar-refractivity contribution in [2.24, 2.45) is 23.5 Å². The molecule has 1 aliphatic carbocycles. The third-order valence-corrected chi connectivity index (χ3v) is 5.45. The fraction of sp³-hybridized carbons (Fsp3) is 1.00. The van der Waals surface area contributed by atoms with Gasteiger partial charge in [0, 0.05) is 18.6 Å². The molecule has 18 heavy (non-hydrogen) atoms. The number of hydrogen-bond donors (Lipinski definition) is 1. The normalized spacial score (nSPS) is 39.2. The van der Waals surface area contributed by atoms with Gasteiger partial charge in [0.1, 0.15) is 0 Å². The maximum absolute atomic E-state index is 6.00. The molecule has 2 aliphatic rings. The molecule has 1 saturated carbocycles. The largest absolute Gasteiger partial charge is 0.329 e. The first-order valence-electron chi connectivity index (χ1n) is 8.07. The lowest BCUT2D eigenvalue weighted by atomic mass is 9.78. The van der Waals surface area contributed by atoms with Crippen LogP contribution < -0.4 is 5.73 Å². The van der Waals surface area contributed by atoms with Gasteiger partial charge in [0.05, 0.1) is 0 Å². The minimum absolute atomic E-state index is 0.661. The van der Waals surface area contributed by atoms with Gasteiger partial charge in [-0.3, -0.25) is 4.90 Å². The molecule has 1 heterocycles. The molecule has 0 aromatic carbocycles. The summed E-state index contributed by atoms with van der Waals surface area (Å²) in [5.41, 5.74) is 6.00. The molecule has 0 aromatic rings. The lowest BCUT2D eigenvalue weighted by Crippen LogP contribution is -2.52. The van der Waals surface area contributed by atoms with Crippen LogP contribution in [-0.2, 0) is 0 Å². The summed E-state index contributed by atoms with van der Waals surface area (Å²) in [6.45, 7) is 9.30. The van der Waals surface area contributed by atoms with Gasteiger partial charge >= 0.3 is 0 Å². The maximum Gasteiger partial charge on any atom is 0.0223 e. The molecular weight excluding hydrogens is 220 g/mol. The summed E-state index contributed by atoms with van der Waals surface area (Å²) in [5.74, 6) is 2.72. The zero-order valence-electron chi connectivity index (χ0n) is 12.6. The number of likely N-dealkylation sites (tertiary alicyclic amines) is 1. The highest BCUT2D eigenvalue weighted by Crippen LogP contribution is 2.35. The second-order valence-corrected chi connectivity index (χ2v) is 7.07. The van der Waals surface area contributed by atoms with Crippen LogP contribution in [0.1, 0.15) is 59.3 Å². The van der Waals surface area contributed by atoms with Crippen molar-refractivity contribution in [3.63, 3.8) is 0 Å². The van der Waals surface area contributed by atoms with Crippen molar-refractivity contribution in [2.45, 2.75) is 71.4 Å². The van der Waals surface area contributed by atoms with E-state index in [4.69, 9.17) is 5.73 Å². The monoisotopic (exact) mass is 252 g/mol. The molecule has 1 saturated heterocycles. The topological polar surface area (TPSA) is 29.3 Å². The molecule has 0 bridgehead atoms. The van der Waals surface area contributed by atoms with Crippen molar-refractivity contribution in [3.8, 4) is 0 Å². The van der Waals surface area contributed by atoms with E-state index in [2.05, 4.69) is 25.7 Å². The van der Waals surface area contributed by atoms with Gasteiger partial charge in [0.15, 0.2) is 0 Å². The van der Waals surface area contributed by atoms with Crippen molar-refractivity contribution >= 4 is 0 Å². The third-order valence-electron chi connectivity index (χ3n) is 5.45. The third kappa shape index (κ3) is 3.27. The Hall–Kier alpha value is -0.0800. The first-order chi connectivity index (χ1) is 8.61. The summed E-state index contributed by atoms with van der Waals surface area (Å²) in [5, 5.41) is 0. The van der Waals surface area contributed by atoms with Gasteiger partial charge in [0.2, 0.25) is 0 Å². The SMILES string of the molecule is CC1CCN(C2CCC(C(C)C)CC2)C(CN)C1. The van der Waals surface area contributed by atoms with Gasteiger partial charge in [-0.05, 0) is 62.8 Å². The molecule has 2 nitrogen and oxygen atoms in total. The van der Waals surface area contributed by atoms with Gasteiger partial charge < -0.3 is 5.73 Å². The Bertz CT molecular complexity index is 243. The summed E-state index contributed by atoms with van der Waals surface area (Å²) in [4.78, 5) is 2.76. The van der Waals surface area contributed by atoms with Crippen LogP contribution in [0.3, 0.4) is 0 Å². The number of piperidine rings is 1. The fourth-order valence-corrected chi connectivity index (χ4v) is 4.08. The first-order valence-corrected chi connectivity index (χ1v) is 8.07. The maximum atomic E-state index is 6.00. The van der Waals surface area contributed by atoms with E-state index in [0.29, 0.717) is 6.04 Å². The standard InChI is InChI=1S/C16H32N2/c1-12(2)14-4-6-15(7-5-14)18-9-8-13(3)10-16(18)11-17/h12-16H,4-11,17H2,1-3H3. The number of hydrogen-bond acceptors (Lipinski definition) is 2. The Morgan fingerprint density at radius 2 is 1.78 bits per heavy atom. The van der Waals surface area contributed by atoms with Gasteiger partial charge in [0.25, 0.3) is 0 Å². The zero-order valence-corrected chi connectivity index (χ0v) is 12.6. The first kappa shape index (κ1) is 14.3. The molecule has 2 atom stereocenters. The van der Waals surface area contributed by atoms with Crippen molar-refractivity contribution in [3.05, 3.63) is 0 Å². The lowest BCUT2D eigenvalue weighted by Gasteiger charge is -2.45. The van der Waals surface area contributed by atoms with Crippen molar-refractivity contribution in [2.75, 3.05) is 13.1 Å². The molecule has 2 N–H and O–H groups in total. The molecular formula is C16H32N2. The Morgan fingerprint density at radius 3 is 2.33 bits per heavy atom. The van der Waals surface area contributed by atoms with Crippen molar-refractivity contribution < 1.29 is 0 Å². The smallest absolute Gasteiger partial charge is 0.0223 e. The van der Waals surface area contributed by atoms with Crippen molar-refractivity contribution in [1.82, 2.24) is 4.90 Å². The molecule has 1 aliphatic heterocycles. The zero-order chi connectivity index (χ0) is 13.1. The fourth-order valence-electron chi connectivity index (χ4n) is 4.08. The molecule has 0 radical (unpaired) electrons. The van der Waals surface area contributed by atoms with Gasteiger partial charge in [-0.2, -0.15) is 0 Å². The predicted molar refractivity (Wildman–Crippen MR) is 78.5 cm³/mol. The van der Waals surface area contributed by atoms with E-state index in [9.17, 15) is 0 Å². The quantitative estimate of drug-likeness (QED) is 0.835. The lowest BCUT2D eigenvalue weighted by molar-refractivity contribution is 0.0446. The predicted octanol–water partition coefficient (Wildman–Crippen LogP) is 3.26. The molecule has 0 aromatic heterocycles. The van der Waals surface area contributed by atoms with E-state index in [1.165, 1.54) is 45.1 Å². The van der Waals surface area contributed by atoms with Gasteiger partial charge in [-0.25, -0.2) is 0 Å². The van der Waals surface area contributed by atoms with Gasteiger partial charge in [-0.15, -0.1) is 0 Å². The van der Waals surface area contributed by atoms with E-state index >= 15 is 0 Å². The molecule has 2 heteroatoms. The van der Waals surface area contributed by atoms with E-state index in [0.717, 1.165) is 30.3 Å². The number of nitrogens with two attached hydrogens (primary N) is 1. The van der Waals surface area contributed by atoms with Crippen LogP contribution in [-0.4, -0.2) is 30.1 Å². The van der Waals surface area contributed by atoms with Crippen molar-refractivity contribution in [1.29, 1.82) is 0 Å². The number of rotatable bonds is 3. The molecule has 2 rings (SSSR count). The minimum atomic E-state index is 0.661. The molecule has 2 fully saturated rings. The highest BCUT2D eigenvalue weighted by Gasteiger charge is 2.33. The summed E-state index contributed by atoms with van der Waals surface area (Å²) >= 11 is 0. The average Bonchev–Trinajstić information content (AvgIpc) is 2.38. The van der Waals surface area contributed by atoms with Crippen LogP contribution in [0.15, 0.2) is 0 Å². The highest BCUT2D eigenvalue weighted by atomic mass is 15.2. The molecule has 0 spiro atoms.